The van der Waals surface area contributed by atoms with Crippen molar-refractivity contribution < 1.29 is 22.9 Å². The number of carbonyl (C=O) groups excluding carboxylic acids is 2. The second-order valence-corrected chi connectivity index (χ2v) is 13.6. The summed E-state index contributed by atoms with van der Waals surface area (Å²) >= 11 is 12.7. The highest BCUT2D eigenvalue weighted by atomic mass is 35.5. The van der Waals surface area contributed by atoms with Crippen LogP contribution in [0.4, 0.5) is 11.4 Å². The number of non-ortho nitro benzene ring substituents is 1. The fourth-order valence-electron chi connectivity index (χ4n) is 4.84. The molecule has 0 aromatic heterocycles. The summed E-state index contributed by atoms with van der Waals surface area (Å²) in [4.78, 5) is 40.6. The third-order valence-electron chi connectivity index (χ3n) is 7.57. The second-order valence-electron chi connectivity index (χ2n) is 10.9. The Balaban J connectivity index is 1.85. The predicted octanol–water partition coefficient (Wildman–Crippen LogP) is 6.65. The zero-order valence-corrected chi connectivity index (χ0v) is 28.1. The van der Waals surface area contributed by atoms with E-state index in [0.29, 0.717) is 17.0 Å². The minimum absolute atomic E-state index is 0.0930. The SMILES string of the molecule is CCC(C)NC(=O)C(Cc1ccccc1)N(Cc1ccc(Cl)cc1Cl)C(=O)CN(c1cccc([N+](=O)[O-])c1)S(=O)(=O)c1ccccc1. The third-order valence-corrected chi connectivity index (χ3v) is 9.94. The van der Waals surface area contributed by atoms with Crippen molar-refractivity contribution in [2.24, 2.45) is 0 Å². The Kier molecular flexibility index (Phi) is 12.0. The number of amides is 2. The van der Waals surface area contributed by atoms with Crippen molar-refractivity contribution in [3.63, 3.8) is 0 Å². The van der Waals surface area contributed by atoms with Gasteiger partial charge in [-0.25, -0.2) is 8.42 Å². The molecule has 13 heteroatoms. The zero-order valence-electron chi connectivity index (χ0n) is 25.8. The van der Waals surface area contributed by atoms with E-state index in [1.54, 1.807) is 18.2 Å². The fourth-order valence-corrected chi connectivity index (χ4v) is 6.73. The number of anilines is 1. The normalized spacial score (nSPS) is 12.5. The molecule has 2 atom stereocenters. The molecule has 4 rings (SSSR count). The smallest absolute Gasteiger partial charge is 0.271 e. The molecular formula is C34H34Cl2N4O6S. The van der Waals surface area contributed by atoms with E-state index in [9.17, 15) is 28.1 Å². The van der Waals surface area contributed by atoms with E-state index in [-0.39, 0.29) is 40.3 Å². The zero-order chi connectivity index (χ0) is 34.1. The molecule has 0 saturated carbocycles. The molecule has 0 bridgehead atoms. The average molecular weight is 698 g/mol. The van der Waals surface area contributed by atoms with E-state index in [2.05, 4.69) is 5.32 Å². The molecule has 0 aliphatic heterocycles. The first-order valence-electron chi connectivity index (χ1n) is 14.8. The number of nitro groups is 1. The molecule has 0 saturated heterocycles. The molecule has 47 heavy (non-hydrogen) atoms. The van der Waals surface area contributed by atoms with Crippen molar-refractivity contribution in [1.29, 1.82) is 0 Å². The first kappa shape index (κ1) is 35.4. The van der Waals surface area contributed by atoms with Crippen LogP contribution in [0, 0.1) is 10.1 Å². The molecule has 1 N–H and O–H groups in total. The molecule has 0 aliphatic rings. The summed E-state index contributed by atoms with van der Waals surface area (Å²) < 4.78 is 29.0. The van der Waals surface area contributed by atoms with Gasteiger partial charge in [-0.2, -0.15) is 0 Å². The molecule has 0 heterocycles. The molecule has 246 valence electrons. The van der Waals surface area contributed by atoms with Gasteiger partial charge >= 0.3 is 0 Å². The van der Waals surface area contributed by atoms with Crippen LogP contribution >= 0.6 is 23.2 Å². The maximum atomic E-state index is 14.5. The number of rotatable bonds is 14. The lowest BCUT2D eigenvalue weighted by atomic mass is 10.0. The summed E-state index contributed by atoms with van der Waals surface area (Å²) in [6.45, 7) is 2.83. The molecule has 0 radical (unpaired) electrons. The number of hydrogen-bond acceptors (Lipinski definition) is 6. The molecule has 0 spiro atoms. The van der Waals surface area contributed by atoms with Crippen molar-refractivity contribution in [3.05, 3.63) is 134 Å². The van der Waals surface area contributed by atoms with Crippen molar-refractivity contribution in [2.75, 3.05) is 10.8 Å². The Morgan fingerprint density at radius 1 is 0.915 bits per heavy atom. The van der Waals surface area contributed by atoms with Gasteiger partial charge in [-0.3, -0.25) is 24.0 Å². The van der Waals surface area contributed by atoms with E-state index in [1.807, 2.05) is 44.2 Å². The molecule has 0 aliphatic carbocycles. The van der Waals surface area contributed by atoms with Crippen LogP contribution in [0.1, 0.15) is 31.4 Å². The van der Waals surface area contributed by atoms with E-state index in [1.165, 1.54) is 53.4 Å². The van der Waals surface area contributed by atoms with E-state index in [0.717, 1.165) is 15.9 Å². The molecule has 2 unspecified atom stereocenters. The van der Waals surface area contributed by atoms with Crippen LogP contribution in [0.15, 0.2) is 108 Å². The van der Waals surface area contributed by atoms with Gasteiger partial charge in [0.1, 0.15) is 12.6 Å². The standard InChI is InChI=1S/C34H34Cl2N4O6S/c1-3-24(2)37-34(42)32(19-25-11-6-4-7-12-25)38(22-26-17-18-27(35)20-31(26)36)33(41)23-39(28-13-10-14-29(21-28)40(43)44)47(45,46)30-15-8-5-9-16-30/h4-18,20-21,24,32H,3,19,22-23H2,1-2H3,(H,37,42). The van der Waals surface area contributed by atoms with Crippen LogP contribution in [0.3, 0.4) is 0 Å². The van der Waals surface area contributed by atoms with Crippen LogP contribution in [0.2, 0.25) is 10.0 Å². The topological polar surface area (TPSA) is 130 Å². The van der Waals surface area contributed by atoms with Crippen molar-refractivity contribution in [3.8, 4) is 0 Å². The fraction of sp³-hybridized carbons (Fsp3) is 0.235. The number of benzene rings is 4. The van der Waals surface area contributed by atoms with Gasteiger partial charge in [0.25, 0.3) is 15.7 Å². The third kappa shape index (κ3) is 9.09. The number of hydrogen-bond donors (Lipinski definition) is 1. The maximum absolute atomic E-state index is 14.5. The number of nitro benzene ring substituents is 1. The van der Waals surface area contributed by atoms with E-state index >= 15 is 0 Å². The van der Waals surface area contributed by atoms with Gasteiger partial charge in [0.2, 0.25) is 11.8 Å². The van der Waals surface area contributed by atoms with Gasteiger partial charge in [0.05, 0.1) is 15.5 Å². The highest BCUT2D eigenvalue weighted by molar-refractivity contribution is 7.92. The Morgan fingerprint density at radius 3 is 2.19 bits per heavy atom. The Bertz CT molecular complexity index is 1830. The Morgan fingerprint density at radius 2 is 1.57 bits per heavy atom. The first-order chi connectivity index (χ1) is 22.4. The van der Waals surface area contributed by atoms with Gasteiger partial charge in [0, 0.05) is 41.2 Å². The van der Waals surface area contributed by atoms with Crippen molar-refractivity contribution >= 4 is 56.4 Å². The summed E-state index contributed by atoms with van der Waals surface area (Å²) in [5.74, 6) is -1.17. The van der Waals surface area contributed by atoms with Crippen LogP contribution in [-0.2, 0) is 32.6 Å². The lowest BCUT2D eigenvalue weighted by Gasteiger charge is -2.34. The van der Waals surface area contributed by atoms with Crippen LogP contribution in [-0.4, -0.2) is 48.7 Å². The number of halogens is 2. The van der Waals surface area contributed by atoms with Crippen molar-refractivity contribution in [2.45, 2.75) is 50.2 Å². The maximum Gasteiger partial charge on any atom is 0.271 e. The highest BCUT2D eigenvalue weighted by Crippen LogP contribution is 2.29. The summed E-state index contributed by atoms with van der Waals surface area (Å²) in [6, 6.07) is 25.1. The summed E-state index contributed by atoms with van der Waals surface area (Å²) in [5, 5.41) is 15.2. The van der Waals surface area contributed by atoms with Gasteiger partial charge in [-0.05, 0) is 54.8 Å². The summed E-state index contributed by atoms with van der Waals surface area (Å²) in [7, 11) is -4.42. The number of nitrogens with zero attached hydrogens (tertiary/aromatic N) is 3. The van der Waals surface area contributed by atoms with Gasteiger partial charge < -0.3 is 10.2 Å². The number of nitrogens with one attached hydrogen (secondary N) is 1. The summed E-state index contributed by atoms with van der Waals surface area (Å²) in [5.41, 5.74) is 0.795. The number of carbonyl (C=O) groups is 2. The summed E-state index contributed by atoms with van der Waals surface area (Å²) in [6.07, 6.45) is 0.749. The Labute approximate surface area is 284 Å². The van der Waals surface area contributed by atoms with Crippen molar-refractivity contribution in [1.82, 2.24) is 10.2 Å². The molecule has 10 nitrogen and oxygen atoms in total. The molecule has 4 aromatic carbocycles. The molecular weight excluding hydrogens is 663 g/mol. The highest BCUT2D eigenvalue weighted by Gasteiger charge is 2.35. The van der Waals surface area contributed by atoms with Crippen LogP contribution < -0.4 is 9.62 Å². The Hall–Kier alpha value is -4.45. The molecule has 2 amide bonds. The molecule has 0 fully saturated rings. The molecule has 4 aromatic rings. The lowest BCUT2D eigenvalue weighted by molar-refractivity contribution is -0.384. The van der Waals surface area contributed by atoms with E-state index < -0.39 is 39.3 Å². The second kappa shape index (κ2) is 15.9. The monoisotopic (exact) mass is 696 g/mol. The average Bonchev–Trinajstić information content (AvgIpc) is 3.06. The van der Waals surface area contributed by atoms with Crippen LogP contribution in [0.5, 0.6) is 0 Å². The first-order valence-corrected chi connectivity index (χ1v) is 17.0. The lowest BCUT2D eigenvalue weighted by Crippen LogP contribution is -2.54. The van der Waals surface area contributed by atoms with Gasteiger partial charge in [0.15, 0.2) is 0 Å². The van der Waals surface area contributed by atoms with E-state index in [4.69, 9.17) is 23.2 Å². The quantitative estimate of drug-likeness (QED) is 0.116. The largest absolute Gasteiger partial charge is 0.352 e. The van der Waals surface area contributed by atoms with Gasteiger partial charge in [-0.1, -0.05) is 90.8 Å². The number of sulfonamides is 1. The van der Waals surface area contributed by atoms with Crippen LogP contribution in [0.25, 0.3) is 0 Å². The minimum Gasteiger partial charge on any atom is -0.352 e. The minimum atomic E-state index is -4.42. The van der Waals surface area contributed by atoms with Gasteiger partial charge in [-0.15, -0.1) is 0 Å². The predicted molar refractivity (Wildman–Crippen MR) is 183 cm³/mol.